The summed E-state index contributed by atoms with van der Waals surface area (Å²) < 4.78 is 0. The van der Waals surface area contributed by atoms with E-state index in [-0.39, 0.29) is 5.60 Å². The second-order valence-corrected chi connectivity index (χ2v) is 4.72. The molecule has 0 bridgehead atoms. The number of hydrogen-bond donors (Lipinski definition) is 1. The van der Waals surface area contributed by atoms with Crippen LogP contribution in [0.1, 0.15) is 52.4 Å². The van der Waals surface area contributed by atoms with Crippen molar-refractivity contribution < 1.29 is 5.11 Å². The van der Waals surface area contributed by atoms with Crippen molar-refractivity contribution in [2.75, 3.05) is 0 Å². The van der Waals surface area contributed by atoms with Crippen LogP contribution in [0.15, 0.2) is 12.2 Å². The lowest BCUT2D eigenvalue weighted by Gasteiger charge is -2.29. The van der Waals surface area contributed by atoms with Gasteiger partial charge in [-0.1, -0.05) is 38.8 Å². The molecule has 0 heterocycles. The van der Waals surface area contributed by atoms with Crippen molar-refractivity contribution in [1.82, 2.24) is 0 Å². The minimum atomic E-state index is -0.371. The molecule has 0 saturated carbocycles. The molecule has 0 saturated heterocycles. The van der Waals surface area contributed by atoms with E-state index < -0.39 is 0 Å². The lowest BCUT2D eigenvalue weighted by atomic mass is 9.84. The average molecular weight is 182 g/mol. The first-order valence-electron chi connectivity index (χ1n) is 5.50. The van der Waals surface area contributed by atoms with E-state index >= 15 is 0 Å². The number of allylic oxidation sites excluding steroid dienone is 1. The molecule has 1 heteroatoms. The van der Waals surface area contributed by atoms with E-state index in [1.807, 2.05) is 0 Å². The molecule has 0 aromatic carbocycles. The highest BCUT2D eigenvalue weighted by molar-refractivity contribution is 4.98. The van der Waals surface area contributed by atoms with Gasteiger partial charge >= 0.3 is 0 Å². The summed E-state index contributed by atoms with van der Waals surface area (Å²) in [5, 5.41) is 10.1. The molecule has 0 aromatic rings. The molecule has 1 N–H and O–H groups in total. The molecule has 1 aliphatic carbocycles. The SMILES string of the molecule is CC(C)CCCC1(O)CC=CCC1. The second kappa shape index (κ2) is 4.80. The van der Waals surface area contributed by atoms with E-state index in [1.54, 1.807) is 0 Å². The van der Waals surface area contributed by atoms with Crippen LogP contribution in [0.25, 0.3) is 0 Å². The molecule has 1 aliphatic rings. The van der Waals surface area contributed by atoms with Crippen LogP contribution in [0.2, 0.25) is 0 Å². The lowest BCUT2D eigenvalue weighted by Crippen LogP contribution is -2.29. The van der Waals surface area contributed by atoms with Gasteiger partial charge in [-0.25, -0.2) is 0 Å². The van der Waals surface area contributed by atoms with Crippen molar-refractivity contribution >= 4 is 0 Å². The highest BCUT2D eigenvalue weighted by atomic mass is 16.3. The van der Waals surface area contributed by atoms with Crippen LogP contribution in [0.4, 0.5) is 0 Å². The van der Waals surface area contributed by atoms with Gasteiger partial charge in [0.05, 0.1) is 5.60 Å². The Labute approximate surface area is 81.9 Å². The first kappa shape index (κ1) is 10.8. The van der Waals surface area contributed by atoms with Crippen LogP contribution < -0.4 is 0 Å². The third-order valence-electron chi connectivity index (χ3n) is 2.86. The molecule has 0 aromatic heterocycles. The fourth-order valence-electron chi connectivity index (χ4n) is 1.94. The highest BCUT2D eigenvalue weighted by Gasteiger charge is 2.25. The smallest absolute Gasteiger partial charge is 0.0685 e. The van der Waals surface area contributed by atoms with Gasteiger partial charge in [0, 0.05) is 0 Å². The molecule has 1 rings (SSSR count). The Kier molecular flexibility index (Phi) is 3.98. The predicted molar refractivity (Wildman–Crippen MR) is 56.6 cm³/mol. The lowest BCUT2D eigenvalue weighted by molar-refractivity contribution is 0.0197. The van der Waals surface area contributed by atoms with Crippen LogP contribution in [0.5, 0.6) is 0 Å². The maximum atomic E-state index is 10.1. The first-order chi connectivity index (χ1) is 6.12. The van der Waals surface area contributed by atoms with E-state index in [1.165, 1.54) is 12.8 Å². The summed E-state index contributed by atoms with van der Waals surface area (Å²) in [4.78, 5) is 0. The van der Waals surface area contributed by atoms with Crippen molar-refractivity contribution in [2.24, 2.45) is 5.92 Å². The Balaban J connectivity index is 2.22. The summed E-state index contributed by atoms with van der Waals surface area (Å²) in [5.41, 5.74) is -0.371. The molecule has 1 unspecified atom stereocenters. The van der Waals surface area contributed by atoms with Crippen molar-refractivity contribution in [2.45, 2.75) is 58.0 Å². The van der Waals surface area contributed by atoms with Gasteiger partial charge in [-0.3, -0.25) is 0 Å². The predicted octanol–water partition coefficient (Wildman–Crippen LogP) is 3.28. The zero-order chi connectivity index (χ0) is 9.73. The Bertz CT molecular complexity index is 172. The molecule has 0 amide bonds. The molecular formula is C12H22O. The van der Waals surface area contributed by atoms with Gasteiger partial charge in [0.2, 0.25) is 0 Å². The normalized spacial score (nSPS) is 28.3. The quantitative estimate of drug-likeness (QED) is 0.661. The monoisotopic (exact) mass is 182 g/mol. The van der Waals surface area contributed by atoms with Gasteiger partial charge in [0.1, 0.15) is 0 Å². The first-order valence-corrected chi connectivity index (χ1v) is 5.50. The largest absolute Gasteiger partial charge is 0.390 e. The van der Waals surface area contributed by atoms with E-state index in [0.717, 1.165) is 31.6 Å². The van der Waals surface area contributed by atoms with E-state index in [4.69, 9.17) is 0 Å². The third kappa shape index (κ3) is 3.95. The van der Waals surface area contributed by atoms with Gasteiger partial charge < -0.3 is 5.11 Å². The zero-order valence-corrected chi connectivity index (χ0v) is 8.92. The summed E-state index contributed by atoms with van der Waals surface area (Å²) in [6.45, 7) is 4.48. The van der Waals surface area contributed by atoms with Crippen molar-refractivity contribution in [1.29, 1.82) is 0 Å². The summed E-state index contributed by atoms with van der Waals surface area (Å²) in [6.07, 6.45) is 10.6. The summed E-state index contributed by atoms with van der Waals surface area (Å²) >= 11 is 0. The number of rotatable bonds is 4. The molecule has 76 valence electrons. The minimum absolute atomic E-state index is 0.371. The topological polar surface area (TPSA) is 20.2 Å². The van der Waals surface area contributed by atoms with Gasteiger partial charge in [-0.05, 0) is 31.6 Å². The Morgan fingerprint density at radius 1 is 1.38 bits per heavy atom. The van der Waals surface area contributed by atoms with Gasteiger partial charge in [0.15, 0.2) is 0 Å². The Hall–Kier alpha value is -0.300. The van der Waals surface area contributed by atoms with Crippen LogP contribution in [0, 0.1) is 5.92 Å². The number of hydrogen-bond acceptors (Lipinski definition) is 1. The molecule has 0 fully saturated rings. The zero-order valence-electron chi connectivity index (χ0n) is 8.92. The minimum Gasteiger partial charge on any atom is -0.390 e. The second-order valence-electron chi connectivity index (χ2n) is 4.72. The summed E-state index contributed by atoms with van der Waals surface area (Å²) in [7, 11) is 0. The van der Waals surface area contributed by atoms with E-state index in [9.17, 15) is 5.11 Å². The van der Waals surface area contributed by atoms with Crippen LogP contribution >= 0.6 is 0 Å². The fraction of sp³-hybridized carbons (Fsp3) is 0.833. The molecule has 0 aliphatic heterocycles. The molecule has 0 spiro atoms. The average Bonchev–Trinajstić information content (AvgIpc) is 2.04. The highest BCUT2D eigenvalue weighted by Crippen LogP contribution is 2.29. The van der Waals surface area contributed by atoms with Gasteiger partial charge in [-0.2, -0.15) is 0 Å². The van der Waals surface area contributed by atoms with Crippen molar-refractivity contribution in [3.05, 3.63) is 12.2 Å². The van der Waals surface area contributed by atoms with Gasteiger partial charge in [0.25, 0.3) is 0 Å². The molecule has 1 nitrogen and oxygen atoms in total. The molecular weight excluding hydrogens is 160 g/mol. The molecule has 1 atom stereocenters. The van der Waals surface area contributed by atoms with Crippen LogP contribution in [0.3, 0.4) is 0 Å². The maximum absolute atomic E-state index is 10.1. The Morgan fingerprint density at radius 2 is 2.15 bits per heavy atom. The number of aliphatic hydroxyl groups is 1. The van der Waals surface area contributed by atoms with Gasteiger partial charge in [-0.15, -0.1) is 0 Å². The summed E-state index contributed by atoms with van der Waals surface area (Å²) in [5.74, 6) is 0.766. The Morgan fingerprint density at radius 3 is 2.69 bits per heavy atom. The maximum Gasteiger partial charge on any atom is 0.0685 e. The van der Waals surface area contributed by atoms with E-state index in [0.29, 0.717) is 0 Å². The fourth-order valence-corrected chi connectivity index (χ4v) is 1.94. The summed E-state index contributed by atoms with van der Waals surface area (Å²) in [6, 6.07) is 0. The van der Waals surface area contributed by atoms with Crippen LogP contribution in [-0.2, 0) is 0 Å². The molecule has 13 heavy (non-hydrogen) atoms. The standard InChI is InChI=1S/C12H22O/c1-11(2)7-6-10-12(13)8-4-3-5-9-12/h3-4,11,13H,5-10H2,1-2H3. The van der Waals surface area contributed by atoms with E-state index in [2.05, 4.69) is 26.0 Å². The third-order valence-corrected chi connectivity index (χ3v) is 2.86. The van der Waals surface area contributed by atoms with Crippen LogP contribution in [-0.4, -0.2) is 10.7 Å². The van der Waals surface area contributed by atoms with Crippen molar-refractivity contribution in [3.8, 4) is 0 Å². The van der Waals surface area contributed by atoms with Crippen molar-refractivity contribution in [3.63, 3.8) is 0 Å². The molecule has 0 radical (unpaired) electrons.